The molecule has 0 aliphatic heterocycles. The zero-order chi connectivity index (χ0) is 17.4. The van der Waals surface area contributed by atoms with Crippen LogP contribution in [-0.2, 0) is 22.6 Å². The Morgan fingerprint density at radius 1 is 1.25 bits per heavy atom. The van der Waals surface area contributed by atoms with E-state index in [1.807, 2.05) is 30.3 Å². The number of nitrogens with zero attached hydrogens (tertiary/aromatic N) is 1. The number of rotatable bonds is 7. The SMILES string of the molecule is COC(=O)/C=C/c1c(OCCc2ccccc2)ccc(CO)[n+]1[O-]. The van der Waals surface area contributed by atoms with E-state index >= 15 is 0 Å². The topological polar surface area (TPSA) is 82.7 Å². The second kappa shape index (κ2) is 8.69. The summed E-state index contributed by atoms with van der Waals surface area (Å²) in [6.45, 7) is -0.0333. The van der Waals surface area contributed by atoms with Crippen LogP contribution in [-0.4, -0.2) is 24.8 Å². The molecule has 1 heterocycles. The van der Waals surface area contributed by atoms with Crippen LogP contribution < -0.4 is 9.47 Å². The van der Waals surface area contributed by atoms with Crippen LogP contribution in [0.3, 0.4) is 0 Å². The van der Waals surface area contributed by atoms with E-state index in [0.717, 1.165) is 11.6 Å². The van der Waals surface area contributed by atoms with Crippen molar-refractivity contribution in [3.05, 3.63) is 70.7 Å². The van der Waals surface area contributed by atoms with Gasteiger partial charge in [-0.2, -0.15) is 4.73 Å². The summed E-state index contributed by atoms with van der Waals surface area (Å²) >= 11 is 0. The first-order chi connectivity index (χ1) is 11.7. The molecule has 0 amide bonds. The molecule has 0 spiro atoms. The third kappa shape index (κ3) is 4.57. The van der Waals surface area contributed by atoms with Crippen molar-refractivity contribution in [2.45, 2.75) is 13.0 Å². The molecule has 0 bridgehead atoms. The molecule has 6 nitrogen and oxygen atoms in total. The summed E-state index contributed by atoms with van der Waals surface area (Å²) in [6.07, 6.45) is 3.13. The van der Waals surface area contributed by atoms with Crippen molar-refractivity contribution in [3.63, 3.8) is 0 Å². The van der Waals surface area contributed by atoms with E-state index in [0.29, 0.717) is 23.5 Å². The fourth-order valence-electron chi connectivity index (χ4n) is 2.11. The molecular weight excluding hydrogens is 310 g/mol. The van der Waals surface area contributed by atoms with E-state index in [1.54, 1.807) is 6.07 Å². The van der Waals surface area contributed by atoms with E-state index in [-0.39, 0.29) is 11.4 Å². The molecule has 0 saturated heterocycles. The van der Waals surface area contributed by atoms with Gasteiger partial charge in [0.15, 0.2) is 5.75 Å². The fraction of sp³-hybridized carbons (Fsp3) is 0.222. The Labute approximate surface area is 140 Å². The molecule has 0 unspecified atom stereocenters. The molecule has 2 aromatic rings. The second-order valence-electron chi connectivity index (χ2n) is 4.97. The van der Waals surface area contributed by atoms with Crippen molar-refractivity contribution in [2.24, 2.45) is 0 Å². The Bertz CT molecular complexity index is 713. The van der Waals surface area contributed by atoms with E-state index in [4.69, 9.17) is 4.74 Å². The molecule has 1 N–H and O–H groups in total. The van der Waals surface area contributed by atoms with Crippen LogP contribution in [0.25, 0.3) is 6.08 Å². The summed E-state index contributed by atoms with van der Waals surface area (Å²) < 4.78 is 10.7. The summed E-state index contributed by atoms with van der Waals surface area (Å²) in [4.78, 5) is 11.3. The maximum Gasteiger partial charge on any atom is 0.330 e. The highest BCUT2D eigenvalue weighted by Gasteiger charge is 2.16. The number of aliphatic hydroxyl groups is 1. The van der Waals surface area contributed by atoms with Crippen LogP contribution in [0.4, 0.5) is 0 Å². The van der Waals surface area contributed by atoms with Gasteiger partial charge in [-0.15, -0.1) is 0 Å². The molecule has 0 radical (unpaired) electrons. The number of esters is 1. The molecule has 0 fully saturated rings. The van der Waals surface area contributed by atoms with Crippen LogP contribution in [0.2, 0.25) is 0 Å². The Kier molecular flexibility index (Phi) is 6.33. The van der Waals surface area contributed by atoms with Gasteiger partial charge in [0, 0.05) is 24.6 Å². The number of pyridine rings is 1. The van der Waals surface area contributed by atoms with Crippen LogP contribution >= 0.6 is 0 Å². The van der Waals surface area contributed by atoms with Gasteiger partial charge in [-0.3, -0.25) is 0 Å². The van der Waals surface area contributed by atoms with Crippen molar-refractivity contribution in [3.8, 4) is 5.75 Å². The lowest BCUT2D eigenvalue weighted by atomic mass is 10.2. The molecular formula is C18H19NO5. The zero-order valence-electron chi connectivity index (χ0n) is 13.3. The van der Waals surface area contributed by atoms with E-state index in [2.05, 4.69) is 4.74 Å². The molecule has 2 rings (SSSR count). The van der Waals surface area contributed by atoms with Gasteiger partial charge >= 0.3 is 5.97 Å². The maximum absolute atomic E-state index is 12.2. The van der Waals surface area contributed by atoms with Crippen molar-refractivity contribution < 1.29 is 24.1 Å². The van der Waals surface area contributed by atoms with Crippen LogP contribution in [0.15, 0.2) is 48.5 Å². The van der Waals surface area contributed by atoms with Crippen LogP contribution in [0.1, 0.15) is 17.0 Å². The van der Waals surface area contributed by atoms with Gasteiger partial charge in [0.25, 0.3) is 5.69 Å². The lowest BCUT2D eigenvalue weighted by Crippen LogP contribution is -2.36. The van der Waals surface area contributed by atoms with Gasteiger partial charge in [0.2, 0.25) is 5.69 Å². The average Bonchev–Trinajstić information content (AvgIpc) is 2.62. The smallest absolute Gasteiger partial charge is 0.330 e. The summed E-state index contributed by atoms with van der Waals surface area (Å²) in [5.41, 5.74) is 1.42. The van der Waals surface area contributed by atoms with Gasteiger partial charge in [0.05, 0.1) is 13.7 Å². The first-order valence-corrected chi connectivity index (χ1v) is 7.44. The largest absolute Gasteiger partial charge is 0.618 e. The molecule has 1 aromatic heterocycles. The van der Waals surface area contributed by atoms with Gasteiger partial charge < -0.3 is 19.8 Å². The Hall–Kier alpha value is -2.86. The van der Waals surface area contributed by atoms with Crippen LogP contribution in [0, 0.1) is 5.21 Å². The van der Waals surface area contributed by atoms with Crippen molar-refractivity contribution in [1.29, 1.82) is 0 Å². The molecule has 24 heavy (non-hydrogen) atoms. The predicted octanol–water partition coefficient (Wildman–Crippen LogP) is 1.62. The minimum Gasteiger partial charge on any atom is -0.618 e. The molecule has 0 saturated carbocycles. The number of carbonyl (C=O) groups excluding carboxylic acids is 1. The van der Waals surface area contributed by atoms with Crippen molar-refractivity contribution >= 4 is 12.0 Å². The van der Waals surface area contributed by atoms with Gasteiger partial charge in [0.1, 0.15) is 6.61 Å². The summed E-state index contributed by atoms with van der Waals surface area (Å²) in [6, 6.07) is 12.9. The van der Waals surface area contributed by atoms with E-state index in [9.17, 15) is 15.1 Å². The summed E-state index contributed by atoms with van der Waals surface area (Å²) in [5, 5.41) is 21.4. The number of aromatic nitrogens is 1. The lowest BCUT2D eigenvalue weighted by molar-refractivity contribution is -0.618. The standard InChI is InChI=1S/C18H19NO5/c1-23-18(21)10-8-16-17(9-7-15(13-20)19(16)22)24-12-11-14-5-3-2-4-6-14/h2-10,20H,11-13H2,1H3/b10-8+. The average molecular weight is 329 g/mol. The quantitative estimate of drug-likeness (QED) is 0.361. The lowest BCUT2D eigenvalue weighted by Gasteiger charge is -2.11. The summed E-state index contributed by atoms with van der Waals surface area (Å²) in [5.74, 6) is -0.252. The van der Waals surface area contributed by atoms with Gasteiger partial charge in [-0.25, -0.2) is 4.79 Å². The van der Waals surface area contributed by atoms with E-state index < -0.39 is 12.6 Å². The molecule has 6 heteroatoms. The Morgan fingerprint density at radius 2 is 2.00 bits per heavy atom. The number of carbonyl (C=O) groups is 1. The monoisotopic (exact) mass is 329 g/mol. The highest BCUT2D eigenvalue weighted by Crippen LogP contribution is 2.18. The minimum atomic E-state index is -0.584. The van der Waals surface area contributed by atoms with Crippen LogP contribution in [0.5, 0.6) is 5.75 Å². The molecule has 1 aromatic carbocycles. The Balaban J connectivity index is 2.17. The summed E-state index contributed by atoms with van der Waals surface area (Å²) in [7, 11) is 1.25. The zero-order valence-corrected chi connectivity index (χ0v) is 13.3. The molecule has 0 aliphatic rings. The fourth-order valence-corrected chi connectivity index (χ4v) is 2.11. The molecule has 0 atom stereocenters. The number of hydrogen-bond donors (Lipinski definition) is 1. The molecule has 126 valence electrons. The number of methoxy groups -OCH3 is 1. The number of benzene rings is 1. The first-order valence-electron chi connectivity index (χ1n) is 7.44. The molecule has 0 aliphatic carbocycles. The highest BCUT2D eigenvalue weighted by molar-refractivity contribution is 5.86. The van der Waals surface area contributed by atoms with Crippen molar-refractivity contribution in [1.82, 2.24) is 0 Å². The van der Waals surface area contributed by atoms with Gasteiger partial charge in [-0.05, 0) is 11.6 Å². The van der Waals surface area contributed by atoms with E-state index in [1.165, 1.54) is 19.3 Å². The number of ether oxygens (including phenoxy) is 2. The minimum absolute atomic E-state index is 0.139. The van der Waals surface area contributed by atoms with Gasteiger partial charge in [-0.1, -0.05) is 30.3 Å². The number of aliphatic hydroxyl groups excluding tert-OH is 1. The first kappa shape index (κ1) is 17.5. The Morgan fingerprint density at radius 3 is 2.67 bits per heavy atom. The third-order valence-corrected chi connectivity index (χ3v) is 3.39. The van der Waals surface area contributed by atoms with Crippen molar-refractivity contribution in [2.75, 3.05) is 13.7 Å². The number of hydrogen-bond acceptors (Lipinski definition) is 5. The highest BCUT2D eigenvalue weighted by atomic mass is 16.5. The second-order valence-corrected chi connectivity index (χ2v) is 4.97. The maximum atomic E-state index is 12.2. The predicted molar refractivity (Wildman–Crippen MR) is 88.0 cm³/mol. The third-order valence-electron chi connectivity index (χ3n) is 3.39. The normalized spacial score (nSPS) is 10.8.